The van der Waals surface area contributed by atoms with Crippen LogP contribution in [0.4, 0.5) is 0 Å². The maximum atomic E-state index is 11.2. The van der Waals surface area contributed by atoms with Crippen molar-refractivity contribution in [2.45, 2.75) is 68.6 Å². The van der Waals surface area contributed by atoms with E-state index in [2.05, 4.69) is 5.32 Å². The van der Waals surface area contributed by atoms with Crippen LogP contribution in [0, 0.1) is 0 Å². The molecule has 0 aliphatic carbocycles. The molecule has 2 heterocycles. The van der Waals surface area contributed by atoms with Gasteiger partial charge in [0, 0.05) is 13.3 Å². The van der Waals surface area contributed by atoms with Gasteiger partial charge in [-0.15, -0.1) is 0 Å². The minimum atomic E-state index is -1.55. The van der Waals surface area contributed by atoms with Gasteiger partial charge in [0.2, 0.25) is 5.91 Å². The molecule has 0 aromatic heterocycles. The molecule has 1 unspecified atom stereocenters. The molecule has 2 saturated heterocycles. The molecule has 2 aliphatic heterocycles. The van der Waals surface area contributed by atoms with Crippen molar-refractivity contribution < 1.29 is 49.6 Å². The molecule has 146 valence electrons. The van der Waals surface area contributed by atoms with Gasteiger partial charge in [-0.25, -0.2) is 0 Å². The second kappa shape index (κ2) is 8.66. The zero-order chi connectivity index (χ0) is 18.7. The Hall–Kier alpha value is -0.890. The first kappa shape index (κ1) is 20.4. The Bertz CT molecular complexity index is 451. The zero-order valence-corrected chi connectivity index (χ0v) is 13.6. The van der Waals surface area contributed by atoms with Crippen LogP contribution in [0.15, 0.2) is 0 Å². The first-order chi connectivity index (χ1) is 11.8. The highest BCUT2D eigenvalue weighted by molar-refractivity contribution is 5.73. The van der Waals surface area contributed by atoms with Gasteiger partial charge >= 0.3 is 0 Å². The summed E-state index contributed by atoms with van der Waals surface area (Å²) in [6, 6.07) is -1.20. The van der Waals surface area contributed by atoms with Gasteiger partial charge in [-0.05, 0) is 0 Å². The molecule has 11 heteroatoms. The smallest absolute Gasteiger partial charge is 0.217 e. The number of aliphatic hydroxyl groups is 6. The van der Waals surface area contributed by atoms with Crippen LogP contribution in [0.2, 0.25) is 0 Å². The highest BCUT2D eigenvalue weighted by Crippen LogP contribution is 2.28. The monoisotopic (exact) mass is 367 g/mol. The van der Waals surface area contributed by atoms with Crippen LogP contribution < -0.4 is 5.32 Å². The van der Waals surface area contributed by atoms with Crippen LogP contribution in [0.1, 0.15) is 13.3 Å². The summed E-state index contributed by atoms with van der Waals surface area (Å²) in [6.07, 6.45) is -10.2. The number of rotatable bonds is 5. The van der Waals surface area contributed by atoms with Gasteiger partial charge in [0.25, 0.3) is 0 Å². The van der Waals surface area contributed by atoms with E-state index < -0.39 is 74.4 Å². The van der Waals surface area contributed by atoms with Crippen molar-refractivity contribution >= 4 is 5.91 Å². The lowest BCUT2D eigenvalue weighted by Crippen LogP contribution is -2.65. The summed E-state index contributed by atoms with van der Waals surface area (Å²) in [7, 11) is 0. The molecule has 11 nitrogen and oxygen atoms in total. The van der Waals surface area contributed by atoms with Gasteiger partial charge in [0.15, 0.2) is 12.6 Å². The van der Waals surface area contributed by atoms with Crippen LogP contribution in [-0.4, -0.2) is 105 Å². The molecule has 9 atom stereocenters. The quantitative estimate of drug-likeness (QED) is 0.252. The molecule has 0 bridgehead atoms. The summed E-state index contributed by atoms with van der Waals surface area (Å²) in [5, 5.41) is 60.7. The van der Waals surface area contributed by atoms with E-state index in [-0.39, 0.29) is 6.42 Å². The van der Waals surface area contributed by atoms with Gasteiger partial charge in [-0.1, -0.05) is 0 Å². The number of hydrogen-bond acceptors (Lipinski definition) is 10. The third kappa shape index (κ3) is 4.64. The van der Waals surface area contributed by atoms with Crippen LogP contribution in [0.3, 0.4) is 0 Å². The zero-order valence-electron chi connectivity index (χ0n) is 13.6. The van der Waals surface area contributed by atoms with Gasteiger partial charge < -0.3 is 50.2 Å². The lowest BCUT2D eigenvalue weighted by molar-refractivity contribution is -0.321. The van der Waals surface area contributed by atoms with Crippen molar-refractivity contribution in [3.05, 3.63) is 0 Å². The molecular weight excluding hydrogens is 342 g/mol. The molecule has 0 aromatic carbocycles. The molecule has 0 radical (unpaired) electrons. The molecule has 2 aliphatic rings. The Morgan fingerprint density at radius 1 is 1.08 bits per heavy atom. The summed E-state index contributed by atoms with van der Waals surface area (Å²) in [5.41, 5.74) is 0. The molecule has 7 N–H and O–H groups in total. The van der Waals surface area contributed by atoms with Crippen LogP contribution in [0.5, 0.6) is 0 Å². The third-order valence-electron chi connectivity index (χ3n) is 4.27. The number of amides is 1. The molecule has 0 aromatic rings. The first-order valence-corrected chi connectivity index (χ1v) is 7.96. The Kier molecular flexibility index (Phi) is 7.08. The topological polar surface area (TPSA) is 178 Å². The Balaban J connectivity index is 2.10. The maximum absolute atomic E-state index is 11.2. The second-order valence-electron chi connectivity index (χ2n) is 6.15. The van der Waals surface area contributed by atoms with Crippen LogP contribution in [-0.2, 0) is 19.0 Å². The highest BCUT2D eigenvalue weighted by Gasteiger charge is 2.48. The summed E-state index contributed by atoms with van der Waals surface area (Å²) in [4.78, 5) is 11.2. The predicted octanol–water partition coefficient (Wildman–Crippen LogP) is -4.22. The van der Waals surface area contributed by atoms with Crippen molar-refractivity contribution in [3.63, 3.8) is 0 Å². The van der Waals surface area contributed by atoms with E-state index in [1.54, 1.807) is 0 Å². The first-order valence-electron chi connectivity index (χ1n) is 7.96. The molecule has 0 saturated carbocycles. The largest absolute Gasteiger partial charge is 0.394 e. The van der Waals surface area contributed by atoms with Crippen LogP contribution in [0.25, 0.3) is 0 Å². The Labute approximate surface area is 143 Å². The lowest BCUT2D eigenvalue weighted by atomic mass is 9.96. The summed E-state index contributed by atoms with van der Waals surface area (Å²) in [6.45, 7) is 0.0483. The molecule has 0 spiro atoms. The van der Waals surface area contributed by atoms with Crippen molar-refractivity contribution in [3.8, 4) is 0 Å². The fourth-order valence-corrected chi connectivity index (χ4v) is 2.97. The van der Waals surface area contributed by atoms with Crippen molar-refractivity contribution in [1.29, 1.82) is 0 Å². The van der Waals surface area contributed by atoms with E-state index in [0.29, 0.717) is 0 Å². The van der Waals surface area contributed by atoms with Crippen molar-refractivity contribution in [2.75, 3.05) is 13.2 Å². The number of carbonyl (C=O) groups excluding carboxylic acids is 1. The van der Waals surface area contributed by atoms with E-state index in [1.165, 1.54) is 6.92 Å². The molecule has 25 heavy (non-hydrogen) atoms. The summed E-state index contributed by atoms with van der Waals surface area (Å²) in [5.74, 6) is -0.513. The Morgan fingerprint density at radius 2 is 1.72 bits per heavy atom. The molecule has 2 rings (SSSR count). The number of nitrogens with one attached hydrogen (secondary N) is 1. The SMILES string of the molecule is CC(=O)N[C@H]1C(O)O[C@H](CO)[C@@H](O[C@H]2C[C@@H](O)[C@@H](O)[C@@H](CO)O2)[C@@H]1O. The van der Waals surface area contributed by atoms with E-state index in [4.69, 9.17) is 14.2 Å². The summed E-state index contributed by atoms with van der Waals surface area (Å²) >= 11 is 0. The Morgan fingerprint density at radius 3 is 2.28 bits per heavy atom. The van der Waals surface area contributed by atoms with Gasteiger partial charge in [-0.3, -0.25) is 4.79 Å². The predicted molar refractivity (Wildman–Crippen MR) is 78.8 cm³/mol. The summed E-state index contributed by atoms with van der Waals surface area (Å²) < 4.78 is 16.0. The van der Waals surface area contributed by atoms with Crippen LogP contribution >= 0.6 is 0 Å². The van der Waals surface area contributed by atoms with Crippen molar-refractivity contribution in [2.24, 2.45) is 0 Å². The van der Waals surface area contributed by atoms with E-state index in [1.807, 2.05) is 0 Å². The average Bonchev–Trinajstić information content (AvgIpc) is 2.56. The van der Waals surface area contributed by atoms with E-state index in [9.17, 15) is 35.4 Å². The number of ether oxygens (including phenoxy) is 3. The lowest BCUT2D eigenvalue weighted by Gasteiger charge is -2.45. The maximum Gasteiger partial charge on any atom is 0.217 e. The highest BCUT2D eigenvalue weighted by atomic mass is 16.7. The second-order valence-corrected chi connectivity index (χ2v) is 6.15. The minimum Gasteiger partial charge on any atom is -0.394 e. The third-order valence-corrected chi connectivity index (χ3v) is 4.27. The molecule has 1 amide bonds. The minimum absolute atomic E-state index is 0.146. The van der Waals surface area contributed by atoms with E-state index >= 15 is 0 Å². The molecule has 2 fully saturated rings. The average molecular weight is 367 g/mol. The van der Waals surface area contributed by atoms with Gasteiger partial charge in [0.1, 0.15) is 36.6 Å². The van der Waals surface area contributed by atoms with Gasteiger partial charge in [-0.2, -0.15) is 0 Å². The fourth-order valence-electron chi connectivity index (χ4n) is 2.97. The number of aliphatic hydroxyl groups excluding tert-OH is 6. The molecular formula is C14H25NO10. The normalized spacial score (nSPS) is 45.2. The fraction of sp³-hybridized carbons (Fsp3) is 0.929. The number of hydrogen-bond donors (Lipinski definition) is 7. The van der Waals surface area contributed by atoms with E-state index in [0.717, 1.165) is 0 Å². The van der Waals surface area contributed by atoms with Crippen molar-refractivity contribution in [1.82, 2.24) is 5.32 Å². The van der Waals surface area contributed by atoms with Gasteiger partial charge in [0.05, 0.1) is 19.3 Å². The standard InChI is InChI=1S/C14H25NO10/c1-5(18)15-10-12(21)13(8(4-17)24-14(10)22)25-9-2-6(19)11(20)7(3-16)23-9/h6-14,16-17,19-22H,2-4H2,1H3,(H,15,18)/t6-,7-,8-,9+,10-,11-,12-,13-,14?/m1/s1. The number of carbonyl (C=O) groups is 1.